The third-order valence-electron chi connectivity index (χ3n) is 3.94. The Hall–Kier alpha value is -1.91. The van der Waals surface area contributed by atoms with E-state index in [1.54, 1.807) is 12.1 Å². The molecular formula is C20H27FN2O. The predicted molar refractivity (Wildman–Crippen MR) is 96.6 cm³/mol. The summed E-state index contributed by atoms with van der Waals surface area (Å²) in [6.07, 6.45) is 2.88. The van der Waals surface area contributed by atoms with Gasteiger partial charge in [-0.2, -0.15) is 0 Å². The van der Waals surface area contributed by atoms with Gasteiger partial charge < -0.3 is 15.4 Å². The fourth-order valence-electron chi connectivity index (χ4n) is 2.61. The van der Waals surface area contributed by atoms with Gasteiger partial charge in [0.2, 0.25) is 0 Å². The molecule has 2 N–H and O–H groups in total. The van der Waals surface area contributed by atoms with E-state index >= 15 is 0 Å². The van der Waals surface area contributed by atoms with E-state index in [0.29, 0.717) is 6.61 Å². The van der Waals surface area contributed by atoms with Gasteiger partial charge in [0.05, 0.1) is 0 Å². The maximum absolute atomic E-state index is 13.0. The summed E-state index contributed by atoms with van der Waals surface area (Å²) in [5.41, 5.74) is 8.34. The van der Waals surface area contributed by atoms with Crippen LogP contribution in [-0.4, -0.2) is 31.6 Å². The lowest BCUT2D eigenvalue weighted by Gasteiger charge is -2.16. The first-order valence-electron chi connectivity index (χ1n) is 8.40. The molecule has 0 amide bonds. The number of halogens is 1. The first kappa shape index (κ1) is 18.4. The van der Waals surface area contributed by atoms with E-state index in [1.807, 2.05) is 18.2 Å². The SMILES string of the molecule is CN(C)CCCC(N)Cc1ccccc1OCc1ccc(F)cc1. The maximum Gasteiger partial charge on any atom is 0.123 e. The van der Waals surface area contributed by atoms with Crippen LogP contribution < -0.4 is 10.5 Å². The molecule has 0 saturated carbocycles. The summed E-state index contributed by atoms with van der Waals surface area (Å²) in [4.78, 5) is 2.17. The zero-order valence-corrected chi connectivity index (χ0v) is 14.5. The molecule has 0 aliphatic carbocycles. The number of nitrogens with zero attached hydrogens (tertiary/aromatic N) is 1. The molecule has 2 aromatic rings. The molecule has 1 atom stereocenters. The molecule has 0 bridgehead atoms. The van der Waals surface area contributed by atoms with E-state index in [-0.39, 0.29) is 11.9 Å². The summed E-state index contributed by atoms with van der Waals surface area (Å²) in [5, 5.41) is 0. The molecule has 0 saturated heterocycles. The highest BCUT2D eigenvalue weighted by molar-refractivity contribution is 5.34. The number of benzene rings is 2. The number of para-hydroxylation sites is 1. The van der Waals surface area contributed by atoms with Crippen molar-refractivity contribution in [2.45, 2.75) is 31.9 Å². The normalized spacial score (nSPS) is 12.4. The van der Waals surface area contributed by atoms with Gasteiger partial charge in [-0.1, -0.05) is 30.3 Å². The van der Waals surface area contributed by atoms with Gasteiger partial charge in [-0.3, -0.25) is 0 Å². The van der Waals surface area contributed by atoms with E-state index in [1.165, 1.54) is 12.1 Å². The predicted octanol–water partition coefficient (Wildman–Crippen LogP) is 3.62. The van der Waals surface area contributed by atoms with Crippen LogP contribution in [0.4, 0.5) is 4.39 Å². The molecule has 0 fully saturated rings. The van der Waals surface area contributed by atoms with E-state index < -0.39 is 0 Å². The highest BCUT2D eigenvalue weighted by Gasteiger charge is 2.09. The highest BCUT2D eigenvalue weighted by Crippen LogP contribution is 2.21. The standard InChI is InChI=1S/C20H27FN2O/c1-23(2)13-5-7-19(22)14-17-6-3-4-8-20(17)24-15-16-9-11-18(21)12-10-16/h3-4,6,8-12,19H,5,7,13-15,22H2,1-2H3. The van der Waals surface area contributed by atoms with Crippen LogP contribution in [0.1, 0.15) is 24.0 Å². The van der Waals surface area contributed by atoms with Crippen molar-refractivity contribution in [3.8, 4) is 5.75 Å². The van der Waals surface area contributed by atoms with Crippen molar-refractivity contribution in [2.75, 3.05) is 20.6 Å². The van der Waals surface area contributed by atoms with Crippen molar-refractivity contribution in [2.24, 2.45) is 5.73 Å². The molecule has 0 aromatic heterocycles. The second kappa shape index (κ2) is 9.40. The minimum Gasteiger partial charge on any atom is -0.489 e. The first-order chi connectivity index (χ1) is 11.5. The van der Waals surface area contributed by atoms with Crippen LogP contribution in [-0.2, 0) is 13.0 Å². The van der Waals surface area contributed by atoms with Crippen LogP contribution in [0, 0.1) is 5.82 Å². The fourth-order valence-corrected chi connectivity index (χ4v) is 2.61. The van der Waals surface area contributed by atoms with Gasteiger partial charge in [0.15, 0.2) is 0 Å². The fraction of sp³-hybridized carbons (Fsp3) is 0.400. The molecular weight excluding hydrogens is 303 g/mol. The molecule has 4 heteroatoms. The Morgan fingerprint density at radius 1 is 1.08 bits per heavy atom. The number of rotatable bonds is 9. The molecule has 0 radical (unpaired) electrons. The van der Waals surface area contributed by atoms with Crippen LogP contribution in [0.5, 0.6) is 5.75 Å². The van der Waals surface area contributed by atoms with Crippen molar-refractivity contribution >= 4 is 0 Å². The van der Waals surface area contributed by atoms with Crippen molar-refractivity contribution in [3.63, 3.8) is 0 Å². The number of nitrogens with two attached hydrogens (primary N) is 1. The molecule has 0 aliphatic heterocycles. The monoisotopic (exact) mass is 330 g/mol. The Morgan fingerprint density at radius 2 is 1.79 bits per heavy atom. The molecule has 1 unspecified atom stereocenters. The summed E-state index contributed by atoms with van der Waals surface area (Å²) in [5.74, 6) is 0.618. The molecule has 0 aliphatic rings. The van der Waals surface area contributed by atoms with Gasteiger partial charge in [0.1, 0.15) is 18.2 Å². The van der Waals surface area contributed by atoms with Crippen molar-refractivity contribution in [3.05, 3.63) is 65.5 Å². The second-order valence-electron chi connectivity index (χ2n) is 6.43. The van der Waals surface area contributed by atoms with Crippen molar-refractivity contribution in [1.29, 1.82) is 0 Å². The topological polar surface area (TPSA) is 38.5 Å². The van der Waals surface area contributed by atoms with Crippen LogP contribution in [0.2, 0.25) is 0 Å². The van der Waals surface area contributed by atoms with E-state index in [2.05, 4.69) is 25.1 Å². The molecule has 0 heterocycles. The summed E-state index contributed by atoms with van der Waals surface area (Å²) in [6, 6.07) is 14.5. The summed E-state index contributed by atoms with van der Waals surface area (Å²) in [6.45, 7) is 1.48. The van der Waals surface area contributed by atoms with Gasteiger partial charge in [-0.05, 0) is 69.2 Å². The first-order valence-corrected chi connectivity index (χ1v) is 8.40. The average molecular weight is 330 g/mol. The van der Waals surface area contributed by atoms with E-state index in [4.69, 9.17) is 10.5 Å². The summed E-state index contributed by atoms with van der Waals surface area (Å²) in [7, 11) is 4.15. The minimum absolute atomic E-state index is 0.125. The lowest BCUT2D eigenvalue weighted by Crippen LogP contribution is -2.25. The van der Waals surface area contributed by atoms with Gasteiger partial charge in [-0.15, -0.1) is 0 Å². The number of ether oxygens (including phenoxy) is 1. The summed E-state index contributed by atoms with van der Waals surface area (Å²) >= 11 is 0. The van der Waals surface area contributed by atoms with E-state index in [0.717, 1.165) is 42.7 Å². The van der Waals surface area contributed by atoms with Crippen LogP contribution in [0.25, 0.3) is 0 Å². The third kappa shape index (κ3) is 6.30. The smallest absolute Gasteiger partial charge is 0.123 e. The Bertz CT molecular complexity index is 613. The van der Waals surface area contributed by atoms with Gasteiger partial charge in [-0.25, -0.2) is 4.39 Å². The van der Waals surface area contributed by atoms with Crippen LogP contribution >= 0.6 is 0 Å². The Labute approximate surface area is 144 Å². The Kier molecular flexibility index (Phi) is 7.22. The van der Waals surface area contributed by atoms with Gasteiger partial charge >= 0.3 is 0 Å². The molecule has 0 spiro atoms. The van der Waals surface area contributed by atoms with Gasteiger partial charge in [0, 0.05) is 6.04 Å². The molecule has 2 rings (SSSR count). The lowest BCUT2D eigenvalue weighted by molar-refractivity contribution is 0.301. The van der Waals surface area contributed by atoms with Gasteiger partial charge in [0.25, 0.3) is 0 Å². The molecule has 3 nitrogen and oxygen atoms in total. The second-order valence-corrected chi connectivity index (χ2v) is 6.43. The van der Waals surface area contributed by atoms with Crippen molar-refractivity contribution in [1.82, 2.24) is 4.90 Å². The Balaban J connectivity index is 1.90. The maximum atomic E-state index is 13.0. The van der Waals surface area contributed by atoms with Crippen LogP contribution in [0.3, 0.4) is 0 Å². The summed E-state index contributed by atoms with van der Waals surface area (Å²) < 4.78 is 18.9. The van der Waals surface area contributed by atoms with Crippen LogP contribution in [0.15, 0.2) is 48.5 Å². The zero-order valence-electron chi connectivity index (χ0n) is 14.5. The minimum atomic E-state index is -0.233. The number of hydrogen-bond donors (Lipinski definition) is 1. The Morgan fingerprint density at radius 3 is 2.50 bits per heavy atom. The quantitative estimate of drug-likeness (QED) is 0.763. The number of hydrogen-bond acceptors (Lipinski definition) is 3. The van der Waals surface area contributed by atoms with Crippen molar-refractivity contribution < 1.29 is 9.13 Å². The third-order valence-corrected chi connectivity index (χ3v) is 3.94. The largest absolute Gasteiger partial charge is 0.489 e. The average Bonchev–Trinajstić information content (AvgIpc) is 2.55. The zero-order chi connectivity index (χ0) is 17.4. The molecule has 24 heavy (non-hydrogen) atoms. The molecule has 2 aromatic carbocycles. The highest BCUT2D eigenvalue weighted by atomic mass is 19.1. The molecule has 130 valence electrons. The van der Waals surface area contributed by atoms with E-state index in [9.17, 15) is 4.39 Å². The lowest BCUT2D eigenvalue weighted by atomic mass is 10.0.